The molecule has 0 saturated carbocycles. The summed E-state index contributed by atoms with van der Waals surface area (Å²) in [5.74, 6) is 0.418. The third kappa shape index (κ3) is 11.0. The Morgan fingerprint density at radius 2 is 1.62 bits per heavy atom. The minimum atomic E-state index is -2.64. The van der Waals surface area contributed by atoms with E-state index in [0.717, 1.165) is 12.3 Å². The Morgan fingerprint density at radius 3 is 2.17 bits per heavy atom. The fraction of sp³-hybridized carbons (Fsp3) is 0.833. The van der Waals surface area contributed by atoms with Crippen molar-refractivity contribution >= 4 is 14.8 Å². The van der Waals surface area contributed by atoms with Crippen molar-refractivity contribution < 1.29 is 22.8 Å². The van der Waals surface area contributed by atoms with Crippen LogP contribution in [-0.4, -0.2) is 42.2 Å². The summed E-state index contributed by atoms with van der Waals surface area (Å²) in [6.45, 7) is 10.7. The average molecular weight is 361 g/mol. The van der Waals surface area contributed by atoms with Gasteiger partial charge in [-0.2, -0.15) is 0 Å². The van der Waals surface area contributed by atoms with Crippen molar-refractivity contribution in [3.63, 3.8) is 0 Å². The number of esters is 1. The van der Waals surface area contributed by atoms with Crippen molar-refractivity contribution in [2.45, 2.75) is 65.3 Å². The fourth-order valence-corrected chi connectivity index (χ4v) is 4.28. The lowest BCUT2D eigenvalue weighted by atomic mass is 10.0. The molecule has 6 heteroatoms. The van der Waals surface area contributed by atoms with E-state index in [2.05, 4.69) is 20.4 Å². The van der Waals surface area contributed by atoms with Crippen molar-refractivity contribution in [3.8, 4) is 0 Å². The molecule has 0 N–H and O–H groups in total. The van der Waals surface area contributed by atoms with Gasteiger partial charge in [0.1, 0.15) is 0 Å². The lowest BCUT2D eigenvalue weighted by molar-refractivity contribution is -0.139. The van der Waals surface area contributed by atoms with E-state index in [4.69, 9.17) is 18.0 Å². The molecule has 0 unspecified atom stereocenters. The van der Waals surface area contributed by atoms with Gasteiger partial charge in [0.2, 0.25) is 0 Å². The first-order chi connectivity index (χ1) is 11.4. The molecule has 0 radical (unpaired) electrons. The highest BCUT2D eigenvalue weighted by Gasteiger charge is 2.38. The van der Waals surface area contributed by atoms with Crippen LogP contribution in [0.15, 0.2) is 12.2 Å². The SMILES string of the molecule is C=C(C)C(=O)OCCC[Si](OC)(OC)OCCCCCCC(C)C. The second kappa shape index (κ2) is 13.6. The summed E-state index contributed by atoms with van der Waals surface area (Å²) in [5.41, 5.74) is 0.408. The maximum atomic E-state index is 11.3. The van der Waals surface area contributed by atoms with Crippen LogP contribution in [0.1, 0.15) is 59.3 Å². The lowest BCUT2D eigenvalue weighted by Gasteiger charge is -2.26. The Kier molecular flexibility index (Phi) is 13.2. The number of hydrogen-bond donors (Lipinski definition) is 0. The molecule has 0 rings (SSSR count). The van der Waals surface area contributed by atoms with Crippen LogP contribution >= 0.6 is 0 Å². The minimum Gasteiger partial charge on any atom is -0.462 e. The molecule has 5 nitrogen and oxygen atoms in total. The third-order valence-corrected chi connectivity index (χ3v) is 6.68. The molecule has 142 valence electrons. The minimum absolute atomic E-state index is 0.325. The Labute approximate surface area is 149 Å². The topological polar surface area (TPSA) is 54.0 Å². The van der Waals surface area contributed by atoms with Crippen LogP contribution in [-0.2, 0) is 22.8 Å². The molecule has 0 fully saturated rings. The number of hydrogen-bond acceptors (Lipinski definition) is 5. The first kappa shape index (κ1) is 23.3. The molecule has 0 aliphatic heterocycles. The summed E-state index contributed by atoms with van der Waals surface area (Å²) in [6, 6.07) is 0.636. The molecule has 0 aliphatic rings. The van der Waals surface area contributed by atoms with Crippen molar-refractivity contribution in [2.24, 2.45) is 5.92 Å². The van der Waals surface area contributed by atoms with Gasteiger partial charge in [0.25, 0.3) is 0 Å². The maximum absolute atomic E-state index is 11.3. The smallest absolute Gasteiger partial charge is 0.462 e. The lowest BCUT2D eigenvalue weighted by Crippen LogP contribution is -2.44. The summed E-state index contributed by atoms with van der Waals surface area (Å²) in [7, 11) is 0.604. The predicted molar refractivity (Wildman–Crippen MR) is 98.8 cm³/mol. The van der Waals surface area contributed by atoms with Gasteiger partial charge in [0.05, 0.1) is 6.61 Å². The van der Waals surface area contributed by atoms with Crippen molar-refractivity contribution in [1.29, 1.82) is 0 Å². The van der Waals surface area contributed by atoms with Crippen LogP contribution in [0.25, 0.3) is 0 Å². The number of ether oxygens (including phenoxy) is 1. The molecule has 0 bridgehead atoms. The highest BCUT2D eigenvalue weighted by atomic mass is 28.4. The highest BCUT2D eigenvalue weighted by molar-refractivity contribution is 6.60. The molecule has 0 aromatic rings. The van der Waals surface area contributed by atoms with Crippen LogP contribution in [0.2, 0.25) is 6.04 Å². The standard InChI is InChI=1S/C18H36O5Si/c1-16(2)12-9-7-8-10-14-23-24(20-5,21-6)15-11-13-22-18(19)17(3)4/h16H,3,7-15H2,1-2,4-6H3. The van der Waals surface area contributed by atoms with E-state index in [0.29, 0.717) is 31.3 Å². The second-order valence-electron chi connectivity index (χ2n) is 6.56. The second-order valence-corrected chi connectivity index (χ2v) is 9.53. The van der Waals surface area contributed by atoms with Crippen LogP contribution < -0.4 is 0 Å². The molecule has 0 heterocycles. The van der Waals surface area contributed by atoms with Gasteiger partial charge in [0, 0.05) is 32.4 Å². The predicted octanol–water partition coefficient (Wildman–Crippen LogP) is 4.35. The molecule has 0 atom stereocenters. The van der Waals surface area contributed by atoms with Gasteiger partial charge in [0.15, 0.2) is 0 Å². The summed E-state index contributed by atoms with van der Waals surface area (Å²) in [5, 5.41) is 0. The molecule has 0 aromatic carbocycles. The molecular weight excluding hydrogens is 324 g/mol. The highest BCUT2D eigenvalue weighted by Crippen LogP contribution is 2.18. The fourth-order valence-electron chi connectivity index (χ4n) is 2.29. The Morgan fingerprint density at radius 1 is 1.00 bits per heavy atom. The number of carbonyl (C=O) groups is 1. The quantitative estimate of drug-likeness (QED) is 0.188. The number of carbonyl (C=O) groups excluding carboxylic acids is 1. The average Bonchev–Trinajstić information content (AvgIpc) is 2.55. The molecule has 0 amide bonds. The van der Waals surface area contributed by atoms with E-state index < -0.39 is 8.80 Å². The first-order valence-electron chi connectivity index (χ1n) is 8.93. The van der Waals surface area contributed by atoms with Gasteiger partial charge in [-0.05, 0) is 25.7 Å². The first-order valence-corrected chi connectivity index (χ1v) is 10.9. The largest absolute Gasteiger partial charge is 0.500 e. The van der Waals surface area contributed by atoms with Gasteiger partial charge in [-0.3, -0.25) is 0 Å². The van der Waals surface area contributed by atoms with Crippen LogP contribution in [0.5, 0.6) is 0 Å². The van der Waals surface area contributed by atoms with Crippen molar-refractivity contribution in [1.82, 2.24) is 0 Å². The maximum Gasteiger partial charge on any atom is 0.500 e. The van der Waals surface area contributed by atoms with Gasteiger partial charge in [-0.25, -0.2) is 4.79 Å². The number of unbranched alkanes of at least 4 members (excludes halogenated alkanes) is 3. The van der Waals surface area contributed by atoms with E-state index in [1.165, 1.54) is 25.7 Å². The Balaban J connectivity index is 3.95. The summed E-state index contributed by atoms with van der Waals surface area (Å²) >= 11 is 0. The van der Waals surface area contributed by atoms with Crippen LogP contribution in [0, 0.1) is 5.92 Å². The molecule has 0 aromatic heterocycles. The molecular formula is C18H36O5Si. The monoisotopic (exact) mass is 360 g/mol. The van der Waals surface area contributed by atoms with E-state index in [9.17, 15) is 4.79 Å². The zero-order chi connectivity index (χ0) is 18.4. The Hall–Kier alpha value is -0.693. The Bertz CT molecular complexity index is 353. The van der Waals surface area contributed by atoms with E-state index in [1.807, 2.05) is 0 Å². The normalized spacial score (nSPS) is 11.8. The zero-order valence-corrected chi connectivity index (χ0v) is 17.2. The van der Waals surface area contributed by atoms with E-state index >= 15 is 0 Å². The molecule has 24 heavy (non-hydrogen) atoms. The van der Waals surface area contributed by atoms with Crippen LogP contribution in [0.4, 0.5) is 0 Å². The van der Waals surface area contributed by atoms with Gasteiger partial charge >= 0.3 is 14.8 Å². The molecule has 0 spiro atoms. The van der Waals surface area contributed by atoms with Crippen LogP contribution in [0.3, 0.4) is 0 Å². The number of rotatable bonds is 15. The molecule has 0 aliphatic carbocycles. The summed E-state index contributed by atoms with van der Waals surface area (Å²) in [4.78, 5) is 11.3. The van der Waals surface area contributed by atoms with Crippen molar-refractivity contribution in [3.05, 3.63) is 12.2 Å². The zero-order valence-electron chi connectivity index (χ0n) is 16.2. The van der Waals surface area contributed by atoms with Gasteiger partial charge in [-0.1, -0.05) is 46.1 Å². The van der Waals surface area contributed by atoms with Gasteiger partial charge < -0.3 is 18.0 Å². The van der Waals surface area contributed by atoms with E-state index in [-0.39, 0.29) is 5.97 Å². The third-order valence-electron chi connectivity index (χ3n) is 3.83. The van der Waals surface area contributed by atoms with Crippen molar-refractivity contribution in [2.75, 3.05) is 27.4 Å². The summed E-state index contributed by atoms with van der Waals surface area (Å²) < 4.78 is 22.1. The molecule has 0 saturated heterocycles. The summed E-state index contributed by atoms with van der Waals surface area (Å²) in [6.07, 6.45) is 6.65. The van der Waals surface area contributed by atoms with E-state index in [1.54, 1.807) is 21.1 Å². The van der Waals surface area contributed by atoms with Gasteiger partial charge in [-0.15, -0.1) is 0 Å².